The van der Waals surface area contributed by atoms with Crippen LogP contribution < -0.4 is 0 Å². The Balaban J connectivity index is 5.00. The minimum absolute atomic E-state index is 0.919. The number of carbonyl (C=O) groups excluding carboxylic acids is 2. The number of esters is 1. The summed E-state index contributed by atoms with van der Waals surface area (Å²) >= 11 is 0. The van der Waals surface area contributed by atoms with Gasteiger partial charge in [0.1, 0.15) is 30.5 Å². The summed E-state index contributed by atoms with van der Waals surface area (Å²) in [6.45, 7) is 0.00752. The number of rotatable bonds is 9. The van der Waals surface area contributed by atoms with Crippen LogP contribution in [-0.4, -0.2) is 85.5 Å². The standard InChI is InChI=1S/C11H18O10/c1-4(13)21-7(2-5(14)11(19)20)9(17)10(18)8(16)6(15)3-12/h6-10,12,15-18H,2-3H2,1H3,(H,19,20)/t6-,7+,8-,9-,10+/m1/s1. The van der Waals surface area contributed by atoms with Crippen molar-refractivity contribution in [1.82, 2.24) is 0 Å². The third kappa shape index (κ3) is 6.14. The van der Waals surface area contributed by atoms with E-state index in [-0.39, 0.29) is 0 Å². The van der Waals surface area contributed by atoms with E-state index in [0.717, 1.165) is 6.92 Å². The molecule has 122 valence electrons. The van der Waals surface area contributed by atoms with Gasteiger partial charge in [0, 0.05) is 6.92 Å². The average molecular weight is 310 g/mol. The fraction of sp³-hybridized carbons (Fsp3) is 0.727. The van der Waals surface area contributed by atoms with Gasteiger partial charge in [0.05, 0.1) is 13.0 Å². The molecule has 6 N–H and O–H groups in total. The van der Waals surface area contributed by atoms with E-state index in [2.05, 4.69) is 4.74 Å². The molecule has 0 unspecified atom stereocenters. The maximum Gasteiger partial charge on any atom is 0.372 e. The number of hydrogen-bond donors (Lipinski definition) is 6. The summed E-state index contributed by atoms with van der Waals surface area (Å²) in [4.78, 5) is 32.4. The molecule has 0 aliphatic rings. The summed E-state index contributed by atoms with van der Waals surface area (Å²) in [5.74, 6) is -4.17. The fourth-order valence-electron chi connectivity index (χ4n) is 1.47. The van der Waals surface area contributed by atoms with Crippen molar-refractivity contribution in [3.63, 3.8) is 0 Å². The van der Waals surface area contributed by atoms with Crippen LogP contribution in [0.1, 0.15) is 13.3 Å². The van der Waals surface area contributed by atoms with E-state index < -0.39 is 61.3 Å². The molecular weight excluding hydrogens is 292 g/mol. The SMILES string of the molecule is CC(=O)O[C@@H](CC(=O)C(=O)O)[C@@H](O)[C@@H](O)[C@H](O)[C@H](O)CO. The number of hydrogen-bond acceptors (Lipinski definition) is 9. The molecule has 0 saturated heterocycles. The molecular formula is C11H18O10. The van der Waals surface area contributed by atoms with Crippen LogP contribution in [-0.2, 0) is 19.1 Å². The highest BCUT2D eigenvalue weighted by Crippen LogP contribution is 2.14. The normalized spacial score (nSPS) is 18.2. The van der Waals surface area contributed by atoms with Gasteiger partial charge >= 0.3 is 11.9 Å². The number of aliphatic hydroxyl groups excluding tert-OH is 5. The second-order valence-electron chi connectivity index (χ2n) is 4.30. The molecule has 0 aliphatic carbocycles. The molecule has 0 bridgehead atoms. The van der Waals surface area contributed by atoms with Gasteiger partial charge < -0.3 is 35.4 Å². The van der Waals surface area contributed by atoms with Crippen molar-refractivity contribution >= 4 is 17.7 Å². The summed E-state index contributed by atoms with van der Waals surface area (Å²) in [7, 11) is 0. The van der Waals surface area contributed by atoms with E-state index >= 15 is 0 Å². The zero-order valence-corrected chi connectivity index (χ0v) is 11.1. The van der Waals surface area contributed by atoms with Crippen LogP contribution in [0, 0.1) is 0 Å². The molecule has 10 nitrogen and oxygen atoms in total. The molecule has 0 aliphatic heterocycles. The fourth-order valence-corrected chi connectivity index (χ4v) is 1.47. The lowest BCUT2D eigenvalue weighted by molar-refractivity contribution is -0.173. The Kier molecular flexibility index (Phi) is 7.99. The Bertz CT molecular complexity index is 381. The monoisotopic (exact) mass is 310 g/mol. The Labute approximate surface area is 119 Å². The van der Waals surface area contributed by atoms with E-state index in [1.165, 1.54) is 0 Å². The summed E-state index contributed by atoms with van der Waals surface area (Å²) < 4.78 is 4.53. The van der Waals surface area contributed by atoms with E-state index in [1.54, 1.807) is 0 Å². The number of aliphatic hydroxyl groups is 5. The molecule has 10 heteroatoms. The molecule has 0 saturated carbocycles. The van der Waals surface area contributed by atoms with E-state index in [4.69, 9.17) is 15.3 Å². The molecule has 0 aromatic heterocycles. The molecule has 0 amide bonds. The second kappa shape index (κ2) is 8.64. The molecule has 0 rings (SSSR count). The number of Topliss-reactive ketones (excluding diaryl/α,β-unsaturated/α-hetero) is 1. The van der Waals surface area contributed by atoms with E-state index in [0.29, 0.717) is 0 Å². The van der Waals surface area contributed by atoms with Crippen molar-refractivity contribution in [2.24, 2.45) is 0 Å². The summed E-state index contributed by atoms with van der Waals surface area (Å²) in [5.41, 5.74) is 0. The third-order valence-corrected chi connectivity index (χ3v) is 2.60. The second-order valence-corrected chi connectivity index (χ2v) is 4.30. The van der Waals surface area contributed by atoms with Crippen LogP contribution in [0.15, 0.2) is 0 Å². The molecule has 0 aromatic rings. The van der Waals surface area contributed by atoms with Crippen molar-refractivity contribution in [3.8, 4) is 0 Å². The minimum Gasteiger partial charge on any atom is -0.475 e. The Morgan fingerprint density at radius 3 is 1.90 bits per heavy atom. The molecule has 21 heavy (non-hydrogen) atoms. The Morgan fingerprint density at radius 2 is 1.52 bits per heavy atom. The van der Waals surface area contributed by atoms with Gasteiger partial charge in [0.15, 0.2) is 0 Å². The van der Waals surface area contributed by atoms with Gasteiger partial charge in [-0.25, -0.2) is 4.79 Å². The topological polar surface area (TPSA) is 182 Å². The van der Waals surface area contributed by atoms with E-state index in [1.807, 2.05) is 0 Å². The van der Waals surface area contributed by atoms with Crippen LogP contribution in [0.4, 0.5) is 0 Å². The largest absolute Gasteiger partial charge is 0.475 e. The van der Waals surface area contributed by atoms with Crippen molar-refractivity contribution in [2.45, 2.75) is 43.9 Å². The van der Waals surface area contributed by atoms with Crippen LogP contribution in [0.3, 0.4) is 0 Å². The van der Waals surface area contributed by atoms with Crippen molar-refractivity contribution in [2.75, 3.05) is 6.61 Å². The van der Waals surface area contributed by atoms with Crippen LogP contribution in [0.25, 0.3) is 0 Å². The maximum absolute atomic E-state index is 11.1. The number of ketones is 1. The third-order valence-electron chi connectivity index (χ3n) is 2.60. The number of carbonyl (C=O) groups is 3. The lowest BCUT2D eigenvalue weighted by Gasteiger charge is -2.30. The summed E-state index contributed by atoms with van der Waals surface area (Å²) in [6.07, 6.45) is -10.6. The molecule has 0 aromatic carbocycles. The Hall–Kier alpha value is -1.59. The van der Waals surface area contributed by atoms with Gasteiger partial charge in [-0.2, -0.15) is 0 Å². The zero-order chi connectivity index (χ0) is 16.7. The highest BCUT2D eigenvalue weighted by Gasteiger charge is 2.38. The van der Waals surface area contributed by atoms with Crippen molar-refractivity contribution < 1.29 is 49.8 Å². The highest BCUT2D eigenvalue weighted by atomic mass is 16.6. The van der Waals surface area contributed by atoms with E-state index in [9.17, 15) is 29.7 Å². The molecule has 0 spiro atoms. The van der Waals surface area contributed by atoms with Gasteiger partial charge in [-0.05, 0) is 0 Å². The maximum atomic E-state index is 11.1. The van der Waals surface area contributed by atoms with Crippen LogP contribution in [0.2, 0.25) is 0 Å². The minimum atomic E-state index is -2.09. The lowest BCUT2D eigenvalue weighted by Crippen LogP contribution is -2.51. The average Bonchev–Trinajstić information content (AvgIpc) is 2.42. The summed E-state index contributed by atoms with van der Waals surface area (Å²) in [5, 5.41) is 55.0. The number of ether oxygens (including phenoxy) is 1. The van der Waals surface area contributed by atoms with Gasteiger partial charge in [-0.15, -0.1) is 0 Å². The quantitative estimate of drug-likeness (QED) is 0.184. The van der Waals surface area contributed by atoms with Crippen molar-refractivity contribution in [3.05, 3.63) is 0 Å². The number of carboxylic acids is 1. The summed E-state index contributed by atoms with van der Waals surface area (Å²) in [6, 6.07) is 0. The number of aliphatic carboxylic acids is 1. The van der Waals surface area contributed by atoms with Gasteiger partial charge in [-0.1, -0.05) is 0 Å². The van der Waals surface area contributed by atoms with Crippen LogP contribution in [0.5, 0.6) is 0 Å². The van der Waals surface area contributed by atoms with Gasteiger partial charge in [0.25, 0.3) is 0 Å². The first-order chi connectivity index (χ1) is 9.61. The highest BCUT2D eigenvalue weighted by molar-refractivity contribution is 6.32. The molecule has 0 heterocycles. The predicted octanol–water partition coefficient (Wildman–Crippen LogP) is -3.60. The number of carboxylic acid groups (broad SMARTS) is 1. The lowest BCUT2D eigenvalue weighted by atomic mass is 9.96. The van der Waals surface area contributed by atoms with Gasteiger partial charge in [-0.3, -0.25) is 9.59 Å². The predicted molar refractivity (Wildman–Crippen MR) is 63.9 cm³/mol. The first-order valence-electron chi connectivity index (χ1n) is 5.88. The van der Waals surface area contributed by atoms with Crippen molar-refractivity contribution in [1.29, 1.82) is 0 Å². The zero-order valence-electron chi connectivity index (χ0n) is 11.1. The van der Waals surface area contributed by atoms with Gasteiger partial charge in [0.2, 0.25) is 5.78 Å². The first kappa shape index (κ1) is 19.4. The van der Waals surface area contributed by atoms with Crippen LogP contribution >= 0.6 is 0 Å². The molecule has 5 atom stereocenters. The smallest absolute Gasteiger partial charge is 0.372 e. The first-order valence-corrected chi connectivity index (χ1v) is 5.88. The Morgan fingerprint density at radius 1 is 1.00 bits per heavy atom. The molecule has 0 fully saturated rings. The molecule has 0 radical (unpaired) electrons.